The summed E-state index contributed by atoms with van der Waals surface area (Å²) in [6, 6.07) is 2.94. The Balaban J connectivity index is 2.07. The Hall–Kier alpha value is -2.37. The van der Waals surface area contributed by atoms with E-state index >= 15 is 0 Å². The number of pyridine rings is 1. The van der Waals surface area contributed by atoms with Crippen molar-refractivity contribution in [2.45, 2.75) is 6.54 Å². The lowest BCUT2D eigenvalue weighted by Gasteiger charge is -2.05. The Morgan fingerprint density at radius 3 is 2.94 bits per heavy atom. The van der Waals surface area contributed by atoms with Crippen LogP contribution in [-0.4, -0.2) is 25.6 Å². The monoisotopic (exact) mass is 232 g/mol. The van der Waals surface area contributed by atoms with Crippen LogP contribution in [0, 0.1) is 0 Å². The summed E-state index contributed by atoms with van der Waals surface area (Å²) in [6.07, 6.45) is 5.01. The molecule has 88 valence electrons. The lowest BCUT2D eigenvalue weighted by Crippen LogP contribution is -2.07. The van der Waals surface area contributed by atoms with Gasteiger partial charge < -0.3 is 15.0 Å². The Labute approximate surface area is 97.9 Å². The van der Waals surface area contributed by atoms with Crippen LogP contribution in [0.5, 0.6) is 0 Å². The van der Waals surface area contributed by atoms with Gasteiger partial charge in [0, 0.05) is 25.6 Å². The van der Waals surface area contributed by atoms with Crippen LogP contribution in [0.25, 0.3) is 0 Å². The average Bonchev–Trinajstić information content (AvgIpc) is 2.72. The molecular weight excluding hydrogens is 220 g/mol. The molecule has 0 atom stereocenters. The minimum Gasteiger partial charge on any atom is -0.478 e. The van der Waals surface area contributed by atoms with Gasteiger partial charge in [0.25, 0.3) is 0 Å². The maximum atomic E-state index is 10.8. The summed E-state index contributed by atoms with van der Waals surface area (Å²) in [5.41, 5.74) is 0.211. The zero-order valence-electron chi connectivity index (χ0n) is 9.29. The molecule has 2 rings (SSSR count). The van der Waals surface area contributed by atoms with Gasteiger partial charge in [-0.1, -0.05) is 0 Å². The quantitative estimate of drug-likeness (QED) is 0.825. The first-order valence-corrected chi connectivity index (χ1v) is 5.06. The molecule has 0 saturated carbocycles. The zero-order valence-corrected chi connectivity index (χ0v) is 9.29. The third-order valence-corrected chi connectivity index (χ3v) is 2.36. The molecule has 0 aliphatic rings. The number of carbonyl (C=O) groups is 1. The van der Waals surface area contributed by atoms with E-state index in [2.05, 4.69) is 15.3 Å². The molecule has 0 unspecified atom stereocenters. The van der Waals surface area contributed by atoms with Gasteiger partial charge in [0.05, 0.1) is 12.1 Å². The van der Waals surface area contributed by atoms with Crippen molar-refractivity contribution in [3.63, 3.8) is 0 Å². The van der Waals surface area contributed by atoms with E-state index in [4.69, 9.17) is 5.11 Å². The van der Waals surface area contributed by atoms with Crippen molar-refractivity contribution in [2.24, 2.45) is 7.05 Å². The SMILES string of the molecule is Cn1ccnc1CNc1cc(C(=O)O)ccn1. The minimum atomic E-state index is -0.965. The molecule has 0 fully saturated rings. The molecule has 6 heteroatoms. The first kappa shape index (κ1) is 11.1. The maximum Gasteiger partial charge on any atom is 0.335 e. The van der Waals surface area contributed by atoms with Crippen LogP contribution in [0.1, 0.15) is 16.2 Å². The number of imidazole rings is 1. The molecule has 0 aromatic carbocycles. The molecule has 0 amide bonds. The minimum absolute atomic E-state index is 0.211. The number of aryl methyl sites for hydroxylation is 1. The summed E-state index contributed by atoms with van der Waals surface area (Å²) in [6.45, 7) is 0.500. The number of aromatic nitrogens is 3. The van der Waals surface area contributed by atoms with Crippen molar-refractivity contribution < 1.29 is 9.90 Å². The van der Waals surface area contributed by atoms with Crippen molar-refractivity contribution in [1.29, 1.82) is 0 Å². The second-order valence-corrected chi connectivity index (χ2v) is 3.54. The molecule has 0 spiro atoms. The van der Waals surface area contributed by atoms with Crippen molar-refractivity contribution in [1.82, 2.24) is 14.5 Å². The van der Waals surface area contributed by atoms with Gasteiger partial charge in [-0.15, -0.1) is 0 Å². The van der Waals surface area contributed by atoms with Gasteiger partial charge in [0.15, 0.2) is 0 Å². The lowest BCUT2D eigenvalue weighted by molar-refractivity contribution is 0.0697. The van der Waals surface area contributed by atoms with Crippen LogP contribution in [0.3, 0.4) is 0 Å². The number of rotatable bonds is 4. The van der Waals surface area contributed by atoms with E-state index in [9.17, 15) is 4.79 Å². The van der Waals surface area contributed by atoms with Gasteiger partial charge in [0.1, 0.15) is 11.6 Å². The van der Waals surface area contributed by atoms with Crippen LogP contribution in [0.2, 0.25) is 0 Å². The van der Waals surface area contributed by atoms with E-state index in [0.717, 1.165) is 5.82 Å². The number of hydrogen-bond acceptors (Lipinski definition) is 4. The molecule has 2 N–H and O–H groups in total. The van der Waals surface area contributed by atoms with E-state index < -0.39 is 5.97 Å². The van der Waals surface area contributed by atoms with E-state index in [1.165, 1.54) is 18.3 Å². The molecular formula is C11H12N4O2. The van der Waals surface area contributed by atoms with E-state index in [1.807, 2.05) is 17.8 Å². The Morgan fingerprint density at radius 1 is 1.47 bits per heavy atom. The second-order valence-electron chi connectivity index (χ2n) is 3.54. The highest BCUT2D eigenvalue weighted by molar-refractivity contribution is 5.88. The fraction of sp³-hybridized carbons (Fsp3) is 0.182. The van der Waals surface area contributed by atoms with Gasteiger partial charge in [-0.3, -0.25) is 0 Å². The predicted molar refractivity (Wildman–Crippen MR) is 61.7 cm³/mol. The predicted octanol–water partition coefficient (Wildman–Crippen LogP) is 1.13. The first-order valence-electron chi connectivity index (χ1n) is 5.06. The molecule has 0 aliphatic heterocycles. The zero-order chi connectivity index (χ0) is 12.3. The Kier molecular flexibility index (Phi) is 3.04. The largest absolute Gasteiger partial charge is 0.478 e. The first-order chi connectivity index (χ1) is 8.16. The van der Waals surface area contributed by atoms with Crippen LogP contribution in [0.4, 0.5) is 5.82 Å². The number of carboxylic acid groups (broad SMARTS) is 1. The molecule has 0 bridgehead atoms. The number of nitrogens with one attached hydrogen (secondary N) is 1. The number of carboxylic acids is 1. The van der Waals surface area contributed by atoms with Gasteiger partial charge in [-0.25, -0.2) is 14.8 Å². The Bertz CT molecular complexity index is 536. The fourth-order valence-corrected chi connectivity index (χ4v) is 1.40. The molecule has 2 heterocycles. The van der Waals surface area contributed by atoms with Crippen molar-refractivity contribution in [3.05, 3.63) is 42.1 Å². The highest BCUT2D eigenvalue weighted by Crippen LogP contribution is 2.08. The van der Waals surface area contributed by atoms with Gasteiger partial charge >= 0.3 is 5.97 Å². The van der Waals surface area contributed by atoms with Crippen molar-refractivity contribution in [3.8, 4) is 0 Å². The number of hydrogen-bond donors (Lipinski definition) is 2. The summed E-state index contributed by atoms with van der Waals surface area (Å²) >= 11 is 0. The standard InChI is InChI=1S/C11H12N4O2/c1-15-5-4-13-10(15)7-14-9-6-8(11(16)17)2-3-12-9/h2-6H,7H2,1H3,(H,12,14)(H,16,17). The van der Waals surface area contributed by atoms with Gasteiger partial charge in [-0.2, -0.15) is 0 Å². The van der Waals surface area contributed by atoms with Crippen LogP contribution < -0.4 is 5.32 Å². The summed E-state index contributed by atoms with van der Waals surface area (Å²) in [5, 5.41) is 11.9. The smallest absolute Gasteiger partial charge is 0.335 e. The summed E-state index contributed by atoms with van der Waals surface area (Å²) < 4.78 is 1.88. The fourth-order valence-electron chi connectivity index (χ4n) is 1.40. The second kappa shape index (κ2) is 4.65. The highest BCUT2D eigenvalue weighted by atomic mass is 16.4. The topological polar surface area (TPSA) is 80.0 Å². The molecule has 0 radical (unpaired) electrons. The lowest BCUT2D eigenvalue weighted by atomic mass is 10.2. The molecule has 2 aromatic rings. The molecule has 2 aromatic heterocycles. The Morgan fingerprint density at radius 2 is 2.29 bits per heavy atom. The van der Waals surface area contributed by atoms with Crippen LogP contribution in [-0.2, 0) is 13.6 Å². The molecule has 17 heavy (non-hydrogen) atoms. The van der Waals surface area contributed by atoms with E-state index in [0.29, 0.717) is 12.4 Å². The summed E-state index contributed by atoms with van der Waals surface area (Å²) in [4.78, 5) is 19.0. The third-order valence-electron chi connectivity index (χ3n) is 2.36. The van der Waals surface area contributed by atoms with Crippen LogP contribution in [0.15, 0.2) is 30.7 Å². The molecule has 0 aliphatic carbocycles. The summed E-state index contributed by atoms with van der Waals surface area (Å²) in [7, 11) is 1.89. The molecule has 6 nitrogen and oxygen atoms in total. The maximum absolute atomic E-state index is 10.8. The highest BCUT2D eigenvalue weighted by Gasteiger charge is 2.04. The van der Waals surface area contributed by atoms with Crippen molar-refractivity contribution in [2.75, 3.05) is 5.32 Å². The van der Waals surface area contributed by atoms with Gasteiger partial charge in [0.2, 0.25) is 0 Å². The van der Waals surface area contributed by atoms with E-state index in [1.54, 1.807) is 6.20 Å². The number of nitrogens with zero attached hydrogens (tertiary/aromatic N) is 3. The number of aromatic carboxylic acids is 1. The number of anilines is 1. The van der Waals surface area contributed by atoms with Gasteiger partial charge in [-0.05, 0) is 12.1 Å². The van der Waals surface area contributed by atoms with Crippen molar-refractivity contribution >= 4 is 11.8 Å². The summed E-state index contributed by atoms with van der Waals surface area (Å²) in [5.74, 6) is 0.410. The normalized spacial score (nSPS) is 10.2. The molecule has 0 saturated heterocycles. The third kappa shape index (κ3) is 2.60. The van der Waals surface area contributed by atoms with E-state index in [-0.39, 0.29) is 5.56 Å². The average molecular weight is 232 g/mol. The van der Waals surface area contributed by atoms with Crippen LogP contribution >= 0.6 is 0 Å².